The van der Waals surface area contributed by atoms with Crippen molar-refractivity contribution in [3.8, 4) is 11.5 Å². The second-order valence-electron chi connectivity index (χ2n) is 4.63. The fraction of sp³-hybridized carbons (Fsp3) is 0.0667. The lowest BCUT2D eigenvalue weighted by Gasteiger charge is -1.95. The third kappa shape index (κ3) is 3.09. The largest absolute Gasteiger partial charge is 0.282 e. The highest BCUT2D eigenvalue weighted by Gasteiger charge is 2.10. The molecule has 0 atom stereocenters. The summed E-state index contributed by atoms with van der Waals surface area (Å²) in [5, 5.41) is 18.3. The van der Waals surface area contributed by atoms with Crippen LogP contribution in [0.2, 0.25) is 0 Å². The molecule has 0 spiro atoms. The molecule has 0 saturated carbocycles. The summed E-state index contributed by atoms with van der Waals surface area (Å²) in [4.78, 5) is 0. The lowest BCUT2D eigenvalue weighted by atomic mass is 10.2. The van der Waals surface area contributed by atoms with E-state index in [-0.39, 0.29) is 0 Å². The zero-order valence-corrected chi connectivity index (χ0v) is 12.7. The van der Waals surface area contributed by atoms with Crippen molar-refractivity contribution in [2.24, 2.45) is 5.10 Å². The molecule has 1 aromatic carbocycles. The Morgan fingerprint density at radius 1 is 1.18 bits per heavy atom. The van der Waals surface area contributed by atoms with Crippen LogP contribution in [0.15, 0.2) is 47.6 Å². The normalized spacial score (nSPS) is 11.7. The molecule has 2 aromatic heterocycles. The Morgan fingerprint density at radius 3 is 2.73 bits per heavy atom. The summed E-state index contributed by atoms with van der Waals surface area (Å²) in [6.07, 6.45) is 5.48. The Morgan fingerprint density at radius 2 is 2.00 bits per heavy atom. The predicted molar refractivity (Wildman–Crippen MR) is 89.1 cm³/mol. The number of allylic oxidation sites excluding steroid dienone is 1. The third-order valence-electron chi connectivity index (χ3n) is 2.94. The second-order valence-corrected chi connectivity index (χ2v) is 5.02. The molecule has 6 nitrogen and oxygen atoms in total. The molecule has 0 bridgehead atoms. The molecule has 0 unspecified atom stereocenters. The standard InChI is InChI=1S/C15H14N6S/c1-11-10-13(18-17-11)14-19-20-15(22)21(14)16-9-5-8-12-6-3-2-4-7-12/h2-10H,1H3,(H,17,18)(H,20,22)/b8-5+,16-9-. The number of nitrogens with zero attached hydrogens (tertiary/aromatic N) is 4. The van der Waals surface area contributed by atoms with Gasteiger partial charge in [0.2, 0.25) is 10.6 Å². The topological polar surface area (TPSA) is 74.7 Å². The smallest absolute Gasteiger partial charge is 0.216 e. The van der Waals surface area contributed by atoms with Crippen LogP contribution in [0.3, 0.4) is 0 Å². The van der Waals surface area contributed by atoms with Crippen LogP contribution in [0.1, 0.15) is 11.3 Å². The van der Waals surface area contributed by atoms with E-state index in [1.807, 2.05) is 55.5 Å². The summed E-state index contributed by atoms with van der Waals surface area (Å²) in [6, 6.07) is 11.9. The highest BCUT2D eigenvalue weighted by atomic mass is 32.1. The number of hydrogen-bond donors (Lipinski definition) is 2. The predicted octanol–water partition coefficient (Wildman–Crippen LogP) is 3.19. The summed E-state index contributed by atoms with van der Waals surface area (Å²) in [7, 11) is 0. The molecule has 2 heterocycles. The lowest BCUT2D eigenvalue weighted by molar-refractivity contribution is 0.866. The minimum atomic E-state index is 0.417. The van der Waals surface area contributed by atoms with E-state index in [9.17, 15) is 0 Å². The maximum absolute atomic E-state index is 5.19. The van der Waals surface area contributed by atoms with Gasteiger partial charge >= 0.3 is 0 Å². The van der Waals surface area contributed by atoms with E-state index in [2.05, 4.69) is 25.5 Å². The summed E-state index contributed by atoms with van der Waals surface area (Å²) < 4.78 is 1.96. The van der Waals surface area contributed by atoms with E-state index in [1.54, 1.807) is 10.9 Å². The van der Waals surface area contributed by atoms with Crippen LogP contribution in [0.4, 0.5) is 0 Å². The van der Waals surface area contributed by atoms with Gasteiger partial charge in [0, 0.05) is 11.9 Å². The Bertz CT molecular complexity index is 869. The maximum Gasteiger partial charge on any atom is 0.216 e. The van der Waals surface area contributed by atoms with E-state index in [0.29, 0.717) is 16.3 Å². The number of H-pyrrole nitrogens is 2. The van der Waals surface area contributed by atoms with Crippen molar-refractivity contribution >= 4 is 24.5 Å². The van der Waals surface area contributed by atoms with Crippen LogP contribution >= 0.6 is 12.2 Å². The van der Waals surface area contributed by atoms with Crippen LogP contribution in [0.25, 0.3) is 17.6 Å². The highest BCUT2D eigenvalue weighted by Crippen LogP contribution is 2.14. The number of aromatic amines is 2. The molecule has 3 rings (SSSR count). The van der Waals surface area contributed by atoms with Crippen molar-refractivity contribution in [1.82, 2.24) is 25.1 Å². The molecule has 0 radical (unpaired) electrons. The van der Waals surface area contributed by atoms with Crippen LogP contribution in [-0.4, -0.2) is 31.3 Å². The zero-order chi connectivity index (χ0) is 15.4. The quantitative estimate of drug-likeness (QED) is 0.574. The number of benzene rings is 1. The average Bonchev–Trinajstić information content (AvgIpc) is 3.11. The fourth-order valence-electron chi connectivity index (χ4n) is 1.92. The van der Waals surface area contributed by atoms with Crippen LogP contribution in [0.5, 0.6) is 0 Å². The van der Waals surface area contributed by atoms with Crippen LogP contribution in [-0.2, 0) is 0 Å². The van der Waals surface area contributed by atoms with Gasteiger partial charge in [-0.25, -0.2) is 5.10 Å². The first kappa shape index (κ1) is 14.2. The molecular weight excluding hydrogens is 296 g/mol. The molecule has 0 amide bonds. The van der Waals surface area contributed by atoms with Crippen molar-refractivity contribution in [3.63, 3.8) is 0 Å². The monoisotopic (exact) mass is 310 g/mol. The molecule has 2 N–H and O–H groups in total. The highest BCUT2D eigenvalue weighted by molar-refractivity contribution is 7.71. The molecule has 0 aliphatic carbocycles. The van der Waals surface area contributed by atoms with Gasteiger partial charge in [-0.3, -0.25) is 5.10 Å². The minimum absolute atomic E-state index is 0.417. The number of aryl methyl sites for hydroxylation is 1. The molecule has 0 saturated heterocycles. The summed E-state index contributed by atoms with van der Waals surface area (Å²) >= 11 is 5.19. The van der Waals surface area contributed by atoms with Crippen molar-refractivity contribution in [2.45, 2.75) is 6.92 Å². The molecule has 22 heavy (non-hydrogen) atoms. The first-order chi connectivity index (χ1) is 10.7. The Balaban J connectivity index is 1.84. The van der Waals surface area contributed by atoms with Gasteiger partial charge in [0.15, 0.2) is 0 Å². The Labute approximate surface area is 132 Å². The van der Waals surface area contributed by atoms with Gasteiger partial charge in [-0.05, 0) is 36.8 Å². The van der Waals surface area contributed by atoms with Gasteiger partial charge in [-0.2, -0.15) is 20.0 Å². The minimum Gasteiger partial charge on any atom is -0.282 e. The van der Waals surface area contributed by atoms with E-state index in [0.717, 1.165) is 11.3 Å². The van der Waals surface area contributed by atoms with Crippen molar-refractivity contribution in [2.75, 3.05) is 0 Å². The van der Waals surface area contributed by atoms with Crippen LogP contribution < -0.4 is 0 Å². The second kappa shape index (κ2) is 6.31. The molecule has 7 heteroatoms. The van der Waals surface area contributed by atoms with E-state index >= 15 is 0 Å². The molecule has 0 aliphatic heterocycles. The van der Waals surface area contributed by atoms with E-state index < -0.39 is 0 Å². The maximum atomic E-state index is 5.19. The van der Waals surface area contributed by atoms with Crippen molar-refractivity contribution < 1.29 is 0 Å². The summed E-state index contributed by atoms with van der Waals surface area (Å²) in [5.41, 5.74) is 2.74. The molecule has 0 fully saturated rings. The molecule has 0 aliphatic rings. The van der Waals surface area contributed by atoms with Crippen molar-refractivity contribution in [3.05, 3.63) is 58.5 Å². The van der Waals surface area contributed by atoms with E-state index in [1.165, 1.54) is 0 Å². The average molecular weight is 310 g/mol. The number of rotatable bonds is 4. The first-order valence-corrected chi connectivity index (χ1v) is 7.11. The summed E-state index contributed by atoms with van der Waals surface area (Å²) in [5.74, 6) is 0.568. The lowest BCUT2D eigenvalue weighted by Crippen LogP contribution is -1.93. The van der Waals surface area contributed by atoms with Gasteiger partial charge in [0.25, 0.3) is 0 Å². The Hall–Kier alpha value is -2.80. The third-order valence-corrected chi connectivity index (χ3v) is 3.21. The number of hydrogen-bond acceptors (Lipinski definition) is 4. The molecule has 110 valence electrons. The fourth-order valence-corrected chi connectivity index (χ4v) is 2.10. The number of aromatic nitrogens is 5. The Kier molecular flexibility index (Phi) is 4.06. The van der Waals surface area contributed by atoms with E-state index in [4.69, 9.17) is 12.2 Å². The van der Waals surface area contributed by atoms with Gasteiger partial charge in [-0.1, -0.05) is 36.4 Å². The first-order valence-electron chi connectivity index (χ1n) is 6.70. The van der Waals surface area contributed by atoms with Gasteiger partial charge < -0.3 is 0 Å². The van der Waals surface area contributed by atoms with Crippen molar-refractivity contribution in [1.29, 1.82) is 0 Å². The van der Waals surface area contributed by atoms with Gasteiger partial charge in [0.1, 0.15) is 5.69 Å². The zero-order valence-electron chi connectivity index (χ0n) is 11.9. The molecular formula is C15H14N6S. The number of nitrogens with one attached hydrogen (secondary N) is 2. The molecule has 3 aromatic rings. The van der Waals surface area contributed by atoms with Crippen LogP contribution in [0, 0.1) is 11.7 Å². The van der Waals surface area contributed by atoms with Gasteiger partial charge in [0.05, 0.1) is 0 Å². The summed E-state index contributed by atoms with van der Waals surface area (Å²) in [6.45, 7) is 1.92. The SMILES string of the molecule is Cc1cc(-c2n[nH]c(=S)n2/N=C\C=C\c2ccccc2)n[nH]1. The van der Waals surface area contributed by atoms with Gasteiger partial charge in [-0.15, -0.1) is 0 Å².